The van der Waals surface area contributed by atoms with Gasteiger partial charge in [0.05, 0.1) is 22.5 Å². The summed E-state index contributed by atoms with van der Waals surface area (Å²) in [5.41, 5.74) is 3.55. The molecule has 0 spiro atoms. The molecule has 0 atom stereocenters. The molecule has 3 aromatic carbocycles. The van der Waals surface area contributed by atoms with Gasteiger partial charge in [0, 0.05) is 18.3 Å². The van der Waals surface area contributed by atoms with E-state index in [-0.39, 0.29) is 10.5 Å². The molecule has 0 aliphatic rings. The lowest BCUT2D eigenvalue weighted by Crippen LogP contribution is -2.25. The Morgan fingerprint density at radius 1 is 0.853 bits per heavy atom. The van der Waals surface area contributed by atoms with E-state index >= 15 is 0 Å². The second-order valence-electron chi connectivity index (χ2n) is 8.14. The normalized spacial score (nSPS) is 11.7. The number of hydrogen-bond donors (Lipinski definition) is 2. The Morgan fingerprint density at radius 3 is 2.21 bits per heavy atom. The second-order valence-corrected chi connectivity index (χ2v) is 11.8. The number of carbonyl (C=O) groups excluding carboxylic acids is 1. The molecule has 0 aliphatic heterocycles. The van der Waals surface area contributed by atoms with Crippen LogP contribution in [0.5, 0.6) is 0 Å². The summed E-state index contributed by atoms with van der Waals surface area (Å²) >= 11 is 0. The van der Waals surface area contributed by atoms with Crippen LogP contribution in [-0.4, -0.2) is 36.0 Å². The summed E-state index contributed by atoms with van der Waals surface area (Å²) in [7, 11) is -6.00. The molecule has 3 rings (SSSR count). The quantitative estimate of drug-likeness (QED) is 0.507. The molecule has 2 N–H and O–H groups in total. The average Bonchev–Trinajstić information content (AvgIpc) is 2.75. The van der Waals surface area contributed by atoms with E-state index in [1.807, 2.05) is 26.0 Å². The molecule has 8 nitrogen and oxygen atoms in total. The van der Waals surface area contributed by atoms with Gasteiger partial charge in [-0.15, -0.1) is 0 Å². The molecule has 0 aromatic heterocycles. The van der Waals surface area contributed by atoms with Crippen LogP contribution in [0.4, 0.5) is 17.1 Å². The van der Waals surface area contributed by atoms with Gasteiger partial charge in [-0.2, -0.15) is 0 Å². The molecule has 0 aliphatic carbocycles. The third-order valence-corrected chi connectivity index (χ3v) is 8.06. The van der Waals surface area contributed by atoms with Gasteiger partial charge in [-0.05, 0) is 73.9 Å². The molecule has 0 bridgehead atoms. The number of benzene rings is 3. The molecular weight excluding hydrogens is 474 g/mol. The molecule has 0 unspecified atom stereocenters. The first kappa shape index (κ1) is 25.3. The van der Waals surface area contributed by atoms with Gasteiger partial charge in [0.15, 0.2) is 0 Å². The number of anilines is 3. The number of nitrogens with one attached hydrogen (secondary N) is 2. The topological polar surface area (TPSA) is 113 Å². The maximum absolute atomic E-state index is 13.1. The smallest absolute Gasteiger partial charge is 0.262 e. The largest absolute Gasteiger partial charge is 0.322 e. The van der Waals surface area contributed by atoms with Crippen LogP contribution in [0, 0.1) is 20.8 Å². The van der Waals surface area contributed by atoms with E-state index in [0.29, 0.717) is 22.6 Å². The van der Waals surface area contributed by atoms with E-state index in [2.05, 4.69) is 10.0 Å². The Labute approximate surface area is 200 Å². The van der Waals surface area contributed by atoms with Gasteiger partial charge < -0.3 is 5.32 Å². The van der Waals surface area contributed by atoms with E-state index in [9.17, 15) is 21.6 Å². The SMILES string of the molecule is Cc1ccc(C)c(NS(=O)(=O)c2cc(C(=O)Nc3cccc(N(C)S(C)(=O)=O)c3)ccc2C)c1. The highest BCUT2D eigenvalue weighted by atomic mass is 32.2. The molecule has 3 aromatic rings. The highest BCUT2D eigenvalue weighted by Crippen LogP contribution is 2.25. The summed E-state index contributed by atoms with van der Waals surface area (Å²) in [5.74, 6) is -0.526. The zero-order valence-corrected chi connectivity index (χ0v) is 21.2. The van der Waals surface area contributed by atoms with Crippen LogP contribution in [0.15, 0.2) is 65.6 Å². The number of carbonyl (C=O) groups is 1. The number of nitrogens with zero attached hydrogens (tertiary/aromatic N) is 1. The standard InChI is InChI=1S/C24H27N3O5S2/c1-16-9-10-17(2)22(13-16)26-34(31,32)23-14-19(12-11-18(23)3)24(28)25-20-7-6-8-21(15-20)27(4)33(5,29)30/h6-15,26H,1-5H3,(H,25,28). The van der Waals surface area contributed by atoms with Crippen LogP contribution in [-0.2, 0) is 20.0 Å². The fourth-order valence-corrected chi connectivity index (χ4v) is 5.14. The van der Waals surface area contributed by atoms with E-state index < -0.39 is 26.0 Å². The zero-order valence-electron chi connectivity index (χ0n) is 19.6. The van der Waals surface area contributed by atoms with Gasteiger partial charge in [-0.3, -0.25) is 13.8 Å². The summed E-state index contributed by atoms with van der Waals surface area (Å²) in [5, 5.41) is 2.69. The lowest BCUT2D eigenvalue weighted by molar-refractivity contribution is 0.102. The maximum atomic E-state index is 13.1. The maximum Gasteiger partial charge on any atom is 0.262 e. The van der Waals surface area contributed by atoms with Crippen LogP contribution >= 0.6 is 0 Å². The second kappa shape index (κ2) is 9.47. The number of hydrogen-bond acceptors (Lipinski definition) is 5. The first-order chi connectivity index (χ1) is 15.8. The van der Waals surface area contributed by atoms with Gasteiger partial charge in [-0.1, -0.05) is 24.3 Å². The Balaban J connectivity index is 1.89. The minimum absolute atomic E-state index is 0.00776. The predicted octanol–water partition coefficient (Wildman–Crippen LogP) is 4.06. The van der Waals surface area contributed by atoms with Crippen molar-refractivity contribution < 1.29 is 21.6 Å². The van der Waals surface area contributed by atoms with Crippen LogP contribution in [0.3, 0.4) is 0 Å². The van der Waals surface area contributed by atoms with E-state index in [1.165, 1.54) is 25.2 Å². The van der Waals surface area contributed by atoms with Gasteiger partial charge in [0.2, 0.25) is 10.0 Å². The van der Waals surface area contributed by atoms with Crippen molar-refractivity contribution in [2.75, 3.05) is 27.6 Å². The Kier molecular flexibility index (Phi) is 7.04. The van der Waals surface area contributed by atoms with Crippen molar-refractivity contribution in [2.45, 2.75) is 25.7 Å². The summed E-state index contributed by atoms with van der Waals surface area (Å²) in [6.07, 6.45) is 1.08. The lowest BCUT2D eigenvalue weighted by Gasteiger charge is -2.17. The third kappa shape index (κ3) is 5.75. The summed E-state index contributed by atoms with van der Waals surface area (Å²) < 4.78 is 53.6. The van der Waals surface area contributed by atoms with Crippen molar-refractivity contribution >= 4 is 43.0 Å². The minimum Gasteiger partial charge on any atom is -0.322 e. The molecule has 1 amide bonds. The van der Waals surface area contributed by atoms with Gasteiger partial charge in [-0.25, -0.2) is 16.8 Å². The molecule has 0 saturated heterocycles. The minimum atomic E-state index is -3.95. The first-order valence-corrected chi connectivity index (χ1v) is 13.7. The van der Waals surface area contributed by atoms with Crippen LogP contribution < -0.4 is 14.3 Å². The predicted molar refractivity (Wildman–Crippen MR) is 136 cm³/mol. The number of aryl methyl sites for hydroxylation is 3. The van der Waals surface area contributed by atoms with Gasteiger partial charge in [0.25, 0.3) is 15.9 Å². The van der Waals surface area contributed by atoms with Crippen molar-refractivity contribution in [3.63, 3.8) is 0 Å². The van der Waals surface area contributed by atoms with E-state index in [1.54, 1.807) is 37.3 Å². The Hall–Kier alpha value is -3.37. The number of amides is 1. The molecule has 0 radical (unpaired) electrons. The van der Waals surface area contributed by atoms with Crippen molar-refractivity contribution in [2.24, 2.45) is 0 Å². The first-order valence-electron chi connectivity index (χ1n) is 10.3. The fourth-order valence-electron chi connectivity index (χ4n) is 3.25. The molecule has 10 heteroatoms. The zero-order chi connectivity index (χ0) is 25.3. The number of sulfonamides is 2. The van der Waals surface area contributed by atoms with Gasteiger partial charge in [0.1, 0.15) is 0 Å². The highest BCUT2D eigenvalue weighted by molar-refractivity contribution is 7.92. The van der Waals surface area contributed by atoms with Crippen molar-refractivity contribution in [1.82, 2.24) is 0 Å². The monoisotopic (exact) mass is 501 g/mol. The van der Waals surface area contributed by atoms with Crippen LogP contribution in [0.1, 0.15) is 27.0 Å². The van der Waals surface area contributed by atoms with E-state index in [0.717, 1.165) is 21.7 Å². The fraction of sp³-hybridized carbons (Fsp3) is 0.208. The van der Waals surface area contributed by atoms with Crippen molar-refractivity contribution in [3.8, 4) is 0 Å². The van der Waals surface area contributed by atoms with Crippen molar-refractivity contribution in [3.05, 3.63) is 82.9 Å². The lowest BCUT2D eigenvalue weighted by atomic mass is 10.1. The Bertz CT molecular complexity index is 1470. The molecule has 34 heavy (non-hydrogen) atoms. The third-order valence-electron chi connectivity index (χ3n) is 5.34. The van der Waals surface area contributed by atoms with Crippen molar-refractivity contribution in [1.29, 1.82) is 0 Å². The molecule has 0 fully saturated rings. The average molecular weight is 502 g/mol. The highest BCUT2D eigenvalue weighted by Gasteiger charge is 2.21. The summed E-state index contributed by atoms with van der Waals surface area (Å²) in [4.78, 5) is 12.9. The summed E-state index contributed by atoms with van der Waals surface area (Å²) in [6.45, 7) is 5.34. The van der Waals surface area contributed by atoms with Gasteiger partial charge >= 0.3 is 0 Å². The Morgan fingerprint density at radius 2 is 1.53 bits per heavy atom. The molecule has 0 saturated carbocycles. The van der Waals surface area contributed by atoms with Crippen LogP contribution in [0.25, 0.3) is 0 Å². The molecule has 0 heterocycles. The molecule has 180 valence electrons. The van der Waals surface area contributed by atoms with E-state index in [4.69, 9.17) is 0 Å². The van der Waals surface area contributed by atoms with Crippen LogP contribution in [0.2, 0.25) is 0 Å². The molecular formula is C24H27N3O5S2. The number of rotatable bonds is 7. The summed E-state index contributed by atoms with van der Waals surface area (Å²) in [6, 6.07) is 16.3.